The number of carbonyl (C=O) groups excluding carboxylic acids is 1. The van der Waals surface area contributed by atoms with Crippen molar-refractivity contribution in [3.8, 4) is 11.5 Å². The van der Waals surface area contributed by atoms with Crippen LogP contribution in [0.4, 0.5) is 16.2 Å². The van der Waals surface area contributed by atoms with Gasteiger partial charge in [0.15, 0.2) is 24.2 Å². The Balaban J connectivity index is 0.00000616. The van der Waals surface area contributed by atoms with Crippen molar-refractivity contribution >= 4 is 28.7 Å². The minimum Gasteiger partial charge on any atom is -1.00 e. The molecule has 1 aromatic heterocycles. The normalized spacial score (nSPS) is 10.6. The molecule has 0 saturated carbocycles. The summed E-state index contributed by atoms with van der Waals surface area (Å²) in [6.45, 7) is 3.68. The number of halogens is 1. The second kappa shape index (κ2) is 22.0. The number of rotatable bonds is 21. The quantitative estimate of drug-likeness (QED) is 0.100. The van der Waals surface area contributed by atoms with E-state index >= 15 is 0 Å². The molecule has 0 aliphatic rings. The summed E-state index contributed by atoms with van der Waals surface area (Å²) >= 11 is 1.67. The van der Waals surface area contributed by atoms with Crippen molar-refractivity contribution in [2.45, 2.75) is 103 Å². The van der Waals surface area contributed by atoms with Crippen LogP contribution < -0.4 is 41.7 Å². The van der Waals surface area contributed by atoms with E-state index in [-0.39, 0.29) is 23.0 Å². The predicted octanol–water partition coefficient (Wildman–Crippen LogP) is 6.60. The molecular formula is C34H50BrN3O3S. The number of methoxy groups -OCH3 is 1. The Morgan fingerprint density at radius 1 is 0.810 bits per heavy atom. The monoisotopic (exact) mass is 659 g/mol. The summed E-state index contributed by atoms with van der Waals surface area (Å²) in [5.74, 6) is 1.19. The molecule has 0 aliphatic carbocycles. The molecule has 2 amide bonds. The van der Waals surface area contributed by atoms with Gasteiger partial charge in [0.1, 0.15) is 0 Å². The summed E-state index contributed by atoms with van der Waals surface area (Å²) in [6.07, 6.45) is 20.6. The third-order valence-electron chi connectivity index (χ3n) is 7.30. The minimum absolute atomic E-state index is 0. The third-order valence-corrected chi connectivity index (χ3v) is 7.97. The molecule has 0 unspecified atom stereocenters. The standard InChI is InChI=1S/C34H49N3O3S.BrH/c1-3-4-5-6-7-8-9-10-11-12-13-14-15-16-25-40-33-31(18-17-19-32(33)39-2)36-34(38)35-30-22-20-29(21-23-30)27-37-24-26-41-28-37;/h17-24,26,28H,3-16,25,27H2,1-2H3,(H-,35,36,38);1H. The summed E-state index contributed by atoms with van der Waals surface area (Å²) in [6, 6.07) is 13.1. The van der Waals surface area contributed by atoms with Crippen LogP contribution in [0, 0.1) is 0 Å². The van der Waals surface area contributed by atoms with E-state index < -0.39 is 0 Å². The van der Waals surface area contributed by atoms with E-state index in [0.29, 0.717) is 23.8 Å². The number of urea groups is 1. The van der Waals surface area contributed by atoms with E-state index in [2.05, 4.69) is 39.2 Å². The second-order valence-corrected chi connectivity index (χ2v) is 11.5. The molecule has 0 fully saturated rings. The Labute approximate surface area is 268 Å². The van der Waals surface area contributed by atoms with E-state index in [1.807, 2.05) is 42.5 Å². The topological polar surface area (TPSA) is 63.5 Å². The average molecular weight is 661 g/mol. The molecule has 232 valence electrons. The maximum Gasteiger partial charge on any atom is 0.323 e. The number of nitrogens with zero attached hydrogens (tertiary/aromatic N) is 1. The summed E-state index contributed by atoms with van der Waals surface area (Å²) < 4.78 is 13.8. The summed E-state index contributed by atoms with van der Waals surface area (Å²) in [7, 11) is 1.62. The van der Waals surface area contributed by atoms with Crippen molar-refractivity contribution in [1.82, 2.24) is 0 Å². The smallest absolute Gasteiger partial charge is 0.323 e. The maximum absolute atomic E-state index is 12.8. The molecule has 2 N–H and O–H groups in total. The van der Waals surface area contributed by atoms with Crippen molar-refractivity contribution in [1.29, 1.82) is 0 Å². The molecule has 8 heteroatoms. The van der Waals surface area contributed by atoms with Gasteiger partial charge in [0, 0.05) is 11.3 Å². The first kappa shape index (κ1) is 35.6. The van der Waals surface area contributed by atoms with Crippen molar-refractivity contribution in [2.24, 2.45) is 0 Å². The SMILES string of the molecule is CCCCCCCCCCCCCCCCOc1c(NC(=O)Nc2ccc(C[n+]3ccsc3)cc2)cccc1OC.[Br-]. The molecule has 0 saturated heterocycles. The molecule has 6 nitrogen and oxygen atoms in total. The van der Waals surface area contributed by atoms with Crippen molar-refractivity contribution in [2.75, 3.05) is 24.4 Å². The first-order valence-electron chi connectivity index (χ1n) is 15.6. The first-order valence-corrected chi connectivity index (χ1v) is 16.5. The highest BCUT2D eigenvalue weighted by Gasteiger charge is 2.14. The number of hydrogen-bond donors (Lipinski definition) is 2. The number of hydrogen-bond acceptors (Lipinski definition) is 4. The second-order valence-electron chi connectivity index (χ2n) is 10.8. The fourth-order valence-electron chi connectivity index (χ4n) is 4.94. The Morgan fingerprint density at radius 2 is 1.43 bits per heavy atom. The highest BCUT2D eigenvalue weighted by Crippen LogP contribution is 2.35. The van der Waals surface area contributed by atoms with E-state index in [1.165, 1.54) is 82.6 Å². The Bertz CT molecular complexity index is 1110. The van der Waals surface area contributed by atoms with Crippen molar-refractivity contribution < 1.29 is 35.8 Å². The molecule has 0 bridgehead atoms. The van der Waals surface area contributed by atoms with Gasteiger partial charge in [-0.3, -0.25) is 0 Å². The maximum atomic E-state index is 12.8. The average Bonchev–Trinajstić information content (AvgIpc) is 3.49. The molecule has 3 aromatic rings. The number of aromatic nitrogens is 1. The molecule has 42 heavy (non-hydrogen) atoms. The van der Waals surface area contributed by atoms with Crippen LogP contribution in [0.2, 0.25) is 0 Å². The predicted molar refractivity (Wildman–Crippen MR) is 172 cm³/mol. The van der Waals surface area contributed by atoms with Gasteiger partial charge in [0.25, 0.3) is 0 Å². The molecule has 0 radical (unpaired) electrons. The van der Waals surface area contributed by atoms with E-state index in [0.717, 1.165) is 25.1 Å². The lowest BCUT2D eigenvalue weighted by molar-refractivity contribution is -0.683. The number of amides is 2. The van der Waals surface area contributed by atoms with Crippen LogP contribution in [0.1, 0.15) is 102 Å². The fraction of sp³-hybridized carbons (Fsp3) is 0.529. The fourth-order valence-corrected chi connectivity index (χ4v) is 5.53. The number of unbranched alkanes of at least 4 members (excludes halogenated alkanes) is 13. The van der Waals surface area contributed by atoms with Crippen LogP contribution in [0.15, 0.2) is 59.6 Å². The molecule has 2 aromatic carbocycles. The zero-order valence-corrected chi connectivity index (χ0v) is 27.9. The third kappa shape index (κ3) is 14.1. The Hall–Kier alpha value is -2.58. The van der Waals surface area contributed by atoms with Gasteiger partial charge in [0.05, 0.1) is 24.8 Å². The van der Waals surface area contributed by atoms with E-state index in [9.17, 15) is 4.79 Å². The first-order chi connectivity index (χ1) is 20.2. The molecular weight excluding hydrogens is 610 g/mol. The van der Waals surface area contributed by atoms with Crippen LogP contribution in [0.3, 0.4) is 0 Å². The van der Waals surface area contributed by atoms with Gasteiger partial charge < -0.3 is 37.1 Å². The Morgan fingerprint density at radius 3 is 2.00 bits per heavy atom. The summed E-state index contributed by atoms with van der Waals surface area (Å²) in [5, 5.41) is 7.89. The molecule has 0 atom stereocenters. The van der Waals surface area contributed by atoms with E-state index in [1.54, 1.807) is 18.4 Å². The zero-order valence-electron chi connectivity index (χ0n) is 25.5. The van der Waals surface area contributed by atoms with Gasteiger partial charge in [-0.2, -0.15) is 4.57 Å². The number of ether oxygens (including phenoxy) is 2. The molecule has 3 rings (SSSR count). The van der Waals surface area contributed by atoms with Gasteiger partial charge in [0.2, 0.25) is 5.51 Å². The number of nitrogens with one attached hydrogen (secondary N) is 2. The number of benzene rings is 2. The number of carbonyl (C=O) groups is 1. The largest absolute Gasteiger partial charge is 1.00 e. The minimum atomic E-state index is -0.320. The molecule has 1 heterocycles. The summed E-state index contributed by atoms with van der Waals surface area (Å²) in [5.41, 5.74) is 4.57. The van der Waals surface area contributed by atoms with Crippen molar-refractivity contribution in [3.63, 3.8) is 0 Å². The van der Waals surface area contributed by atoms with Crippen molar-refractivity contribution in [3.05, 3.63) is 65.1 Å². The highest BCUT2D eigenvalue weighted by molar-refractivity contribution is 7.07. The van der Waals surface area contributed by atoms with Crippen LogP contribution >= 0.6 is 11.3 Å². The molecule has 0 spiro atoms. The lowest BCUT2D eigenvalue weighted by Gasteiger charge is -2.16. The van der Waals surface area contributed by atoms with Gasteiger partial charge in [-0.15, -0.1) is 0 Å². The van der Waals surface area contributed by atoms with E-state index in [4.69, 9.17) is 9.47 Å². The van der Waals surface area contributed by atoms with Crippen LogP contribution in [0.25, 0.3) is 0 Å². The van der Waals surface area contributed by atoms with Gasteiger partial charge in [-0.25, -0.2) is 4.79 Å². The highest BCUT2D eigenvalue weighted by atomic mass is 79.9. The lowest BCUT2D eigenvalue weighted by atomic mass is 10.0. The number of anilines is 2. The zero-order chi connectivity index (χ0) is 29.0. The van der Waals surface area contributed by atoms with Gasteiger partial charge >= 0.3 is 6.03 Å². The van der Waals surface area contributed by atoms with Crippen LogP contribution in [-0.4, -0.2) is 19.7 Å². The van der Waals surface area contributed by atoms with Gasteiger partial charge in [-0.1, -0.05) is 120 Å². The molecule has 0 aliphatic heterocycles. The number of thiazole rings is 1. The lowest BCUT2D eigenvalue weighted by Crippen LogP contribution is -3.00. The summed E-state index contributed by atoms with van der Waals surface area (Å²) in [4.78, 5) is 12.8. The van der Waals surface area contributed by atoms with Crippen LogP contribution in [-0.2, 0) is 6.54 Å². The van der Waals surface area contributed by atoms with Crippen LogP contribution in [0.5, 0.6) is 11.5 Å². The number of para-hydroxylation sites is 1. The Kier molecular flexibility index (Phi) is 18.7. The van der Waals surface area contributed by atoms with Gasteiger partial charge in [-0.05, 0) is 30.7 Å².